The Balaban J connectivity index is 1.43. The first-order chi connectivity index (χ1) is 13.6. The number of amides is 1. The van der Waals surface area contributed by atoms with Gasteiger partial charge in [0.1, 0.15) is 16.9 Å². The van der Waals surface area contributed by atoms with Gasteiger partial charge in [0.05, 0.1) is 12.0 Å². The third-order valence-electron chi connectivity index (χ3n) is 4.29. The number of rotatable bonds is 7. The average Bonchev–Trinajstić information content (AvgIpc) is 3.04. The second-order valence-corrected chi connectivity index (χ2v) is 8.56. The second kappa shape index (κ2) is 9.71. The predicted molar refractivity (Wildman–Crippen MR) is 107 cm³/mol. The zero-order chi connectivity index (χ0) is 19.9. The summed E-state index contributed by atoms with van der Waals surface area (Å²) in [6.07, 6.45) is 4.10. The highest BCUT2D eigenvalue weighted by Crippen LogP contribution is 2.37. The fourth-order valence-corrected chi connectivity index (χ4v) is 5.03. The van der Waals surface area contributed by atoms with E-state index in [0.29, 0.717) is 16.3 Å². The quantitative estimate of drug-likeness (QED) is 0.536. The van der Waals surface area contributed by atoms with Crippen LogP contribution in [0.1, 0.15) is 35.3 Å². The van der Waals surface area contributed by atoms with Gasteiger partial charge in [-0.2, -0.15) is 5.26 Å². The summed E-state index contributed by atoms with van der Waals surface area (Å²) in [7, 11) is 0. The molecule has 1 aliphatic carbocycles. The lowest BCUT2D eigenvalue weighted by Crippen LogP contribution is -2.21. The highest BCUT2D eigenvalue weighted by atomic mass is 32.2. The van der Waals surface area contributed by atoms with Crippen LogP contribution in [0, 0.1) is 17.1 Å². The van der Waals surface area contributed by atoms with E-state index >= 15 is 0 Å². The van der Waals surface area contributed by atoms with Crippen molar-refractivity contribution in [1.82, 2.24) is 0 Å². The van der Waals surface area contributed by atoms with Gasteiger partial charge in [-0.3, -0.25) is 9.59 Å². The van der Waals surface area contributed by atoms with Crippen molar-refractivity contribution in [2.75, 3.05) is 17.7 Å². The van der Waals surface area contributed by atoms with E-state index in [2.05, 4.69) is 11.4 Å². The molecule has 0 fully saturated rings. The maximum atomic E-state index is 12.8. The van der Waals surface area contributed by atoms with Gasteiger partial charge in [0.2, 0.25) is 0 Å². The summed E-state index contributed by atoms with van der Waals surface area (Å²) in [6.45, 7) is -0.381. The van der Waals surface area contributed by atoms with Crippen molar-refractivity contribution < 1.29 is 18.7 Å². The van der Waals surface area contributed by atoms with Crippen molar-refractivity contribution in [3.05, 3.63) is 46.1 Å². The Hall–Kier alpha value is -2.37. The number of anilines is 1. The number of thiophene rings is 1. The number of benzene rings is 1. The summed E-state index contributed by atoms with van der Waals surface area (Å²) in [5, 5.41) is 12.6. The number of halogens is 1. The molecule has 5 nitrogen and oxygen atoms in total. The van der Waals surface area contributed by atoms with Crippen molar-refractivity contribution >= 4 is 40.0 Å². The van der Waals surface area contributed by atoms with Gasteiger partial charge in [-0.1, -0.05) is 0 Å². The molecule has 3 rings (SSSR count). The molecule has 1 aliphatic rings. The number of nitrogens with zero attached hydrogens (tertiary/aromatic N) is 1. The molecule has 1 aromatic heterocycles. The molecule has 0 unspecified atom stereocenters. The molecule has 0 radical (unpaired) electrons. The first kappa shape index (κ1) is 20.4. The minimum atomic E-state index is -0.476. The second-order valence-electron chi connectivity index (χ2n) is 6.29. The van der Waals surface area contributed by atoms with Crippen molar-refractivity contribution in [1.29, 1.82) is 5.26 Å². The highest BCUT2D eigenvalue weighted by Gasteiger charge is 2.22. The summed E-state index contributed by atoms with van der Waals surface area (Å²) >= 11 is 2.85. The van der Waals surface area contributed by atoms with Crippen LogP contribution in [0.15, 0.2) is 29.2 Å². The summed E-state index contributed by atoms with van der Waals surface area (Å²) in [4.78, 5) is 25.9. The van der Waals surface area contributed by atoms with E-state index in [4.69, 9.17) is 4.74 Å². The lowest BCUT2D eigenvalue weighted by atomic mass is 9.96. The average molecular weight is 419 g/mol. The molecule has 0 aliphatic heterocycles. The molecular formula is C20H19FN2O3S2. The van der Waals surface area contributed by atoms with Crippen LogP contribution in [-0.2, 0) is 27.2 Å². The largest absolute Gasteiger partial charge is 0.456 e. The van der Waals surface area contributed by atoms with E-state index < -0.39 is 11.9 Å². The first-order valence-corrected chi connectivity index (χ1v) is 10.8. The van der Waals surface area contributed by atoms with E-state index in [0.717, 1.165) is 41.0 Å². The van der Waals surface area contributed by atoms with Crippen molar-refractivity contribution in [3.63, 3.8) is 0 Å². The number of thioether (sulfide) groups is 1. The molecule has 0 bridgehead atoms. The maximum absolute atomic E-state index is 12.8. The fourth-order valence-electron chi connectivity index (χ4n) is 2.94. The molecule has 1 heterocycles. The number of hydrogen-bond acceptors (Lipinski definition) is 6. The Morgan fingerprint density at radius 2 is 2.00 bits per heavy atom. The van der Waals surface area contributed by atoms with Crippen LogP contribution in [0.2, 0.25) is 0 Å². The van der Waals surface area contributed by atoms with Crippen LogP contribution in [0.25, 0.3) is 0 Å². The number of aryl methyl sites for hydroxylation is 1. The molecule has 2 aromatic rings. The monoisotopic (exact) mass is 418 g/mol. The smallest absolute Gasteiger partial charge is 0.307 e. The molecule has 1 aromatic carbocycles. The number of carbonyl (C=O) groups excluding carboxylic acids is 2. The lowest BCUT2D eigenvalue weighted by molar-refractivity contribution is -0.146. The molecule has 1 amide bonds. The van der Waals surface area contributed by atoms with Crippen LogP contribution in [0.3, 0.4) is 0 Å². The molecular weight excluding hydrogens is 399 g/mol. The lowest BCUT2D eigenvalue weighted by Gasteiger charge is -2.09. The van der Waals surface area contributed by atoms with Gasteiger partial charge >= 0.3 is 5.97 Å². The van der Waals surface area contributed by atoms with Crippen LogP contribution >= 0.6 is 23.1 Å². The van der Waals surface area contributed by atoms with Crippen LogP contribution in [0.5, 0.6) is 0 Å². The standard InChI is InChI=1S/C20H19FN2O3S2/c21-13-5-7-14(8-6-13)27-10-9-19(25)26-12-18(24)23-20-16(11-22)15-3-1-2-4-17(15)28-20/h5-8H,1-4,9-10,12H2,(H,23,24). The van der Waals surface area contributed by atoms with E-state index in [9.17, 15) is 19.2 Å². The Bertz CT molecular complexity index is 903. The zero-order valence-electron chi connectivity index (χ0n) is 15.1. The normalized spacial score (nSPS) is 12.7. The molecule has 0 saturated heterocycles. The predicted octanol–water partition coefficient (Wildman–Crippen LogP) is 4.30. The van der Waals surface area contributed by atoms with E-state index in [1.165, 1.54) is 35.2 Å². The number of fused-ring (bicyclic) bond motifs is 1. The minimum Gasteiger partial charge on any atom is -0.456 e. The number of hydrogen-bond donors (Lipinski definition) is 1. The van der Waals surface area contributed by atoms with E-state index in [1.54, 1.807) is 12.1 Å². The number of nitriles is 1. The van der Waals surface area contributed by atoms with Crippen molar-refractivity contribution in [3.8, 4) is 6.07 Å². The van der Waals surface area contributed by atoms with Gasteiger partial charge in [0.15, 0.2) is 6.61 Å². The number of nitrogens with one attached hydrogen (secondary N) is 1. The van der Waals surface area contributed by atoms with Crippen molar-refractivity contribution in [2.45, 2.75) is 37.0 Å². The fraction of sp³-hybridized carbons (Fsp3) is 0.350. The molecule has 28 heavy (non-hydrogen) atoms. The number of carbonyl (C=O) groups is 2. The molecule has 1 N–H and O–H groups in total. The van der Waals surface area contributed by atoms with Gasteiger partial charge < -0.3 is 10.1 Å². The first-order valence-electron chi connectivity index (χ1n) is 8.95. The van der Waals surface area contributed by atoms with Gasteiger partial charge in [0, 0.05) is 15.5 Å². The summed E-state index contributed by atoms with van der Waals surface area (Å²) < 4.78 is 17.9. The van der Waals surface area contributed by atoms with Crippen LogP contribution in [-0.4, -0.2) is 24.2 Å². The van der Waals surface area contributed by atoms with E-state index in [-0.39, 0.29) is 18.8 Å². The van der Waals surface area contributed by atoms with E-state index in [1.807, 2.05) is 0 Å². The van der Waals surface area contributed by atoms with Gasteiger partial charge in [-0.15, -0.1) is 23.1 Å². The third-order valence-corrected chi connectivity index (χ3v) is 6.51. The van der Waals surface area contributed by atoms with Crippen molar-refractivity contribution in [2.24, 2.45) is 0 Å². The topological polar surface area (TPSA) is 79.2 Å². The number of esters is 1. The Labute approximate surface area is 170 Å². The third kappa shape index (κ3) is 5.33. The summed E-state index contributed by atoms with van der Waals surface area (Å²) in [5.41, 5.74) is 1.58. The van der Waals surface area contributed by atoms with Crippen LogP contribution < -0.4 is 5.32 Å². The van der Waals surface area contributed by atoms with Gasteiger partial charge in [0.25, 0.3) is 5.91 Å². The molecule has 0 saturated carbocycles. The number of ether oxygens (including phenoxy) is 1. The molecule has 146 valence electrons. The maximum Gasteiger partial charge on any atom is 0.307 e. The Morgan fingerprint density at radius 1 is 1.25 bits per heavy atom. The Morgan fingerprint density at radius 3 is 2.75 bits per heavy atom. The summed E-state index contributed by atoms with van der Waals surface area (Å²) in [6, 6.07) is 8.20. The van der Waals surface area contributed by atoms with Crippen LogP contribution in [0.4, 0.5) is 9.39 Å². The zero-order valence-corrected chi connectivity index (χ0v) is 16.8. The molecule has 8 heteroatoms. The SMILES string of the molecule is N#Cc1c(NC(=O)COC(=O)CCSc2ccc(F)cc2)sc2c1CCCC2. The Kier molecular flexibility index (Phi) is 7.06. The summed E-state index contributed by atoms with van der Waals surface area (Å²) in [5.74, 6) is -0.756. The van der Waals surface area contributed by atoms with Gasteiger partial charge in [-0.25, -0.2) is 4.39 Å². The van der Waals surface area contributed by atoms with Gasteiger partial charge in [-0.05, 0) is 55.5 Å². The minimum absolute atomic E-state index is 0.145. The molecule has 0 atom stereocenters. The highest BCUT2D eigenvalue weighted by molar-refractivity contribution is 7.99. The molecule has 0 spiro atoms.